The number of allylic oxidation sites excluding steroid dienone is 17. The minimum absolute atomic E-state index is 0.0124. The van der Waals surface area contributed by atoms with Crippen LogP contribution in [0.1, 0.15) is 97.3 Å². The number of phosphoric ester groups is 1. The van der Waals surface area contributed by atoms with Crippen molar-refractivity contribution in [3.8, 4) is 0 Å². The van der Waals surface area contributed by atoms with Gasteiger partial charge in [0, 0.05) is 19.4 Å². The summed E-state index contributed by atoms with van der Waals surface area (Å²) >= 11 is 0. The van der Waals surface area contributed by atoms with Crippen molar-refractivity contribution in [2.75, 3.05) is 26.4 Å². The van der Waals surface area contributed by atoms with E-state index in [4.69, 9.17) is 24.3 Å². The molecule has 0 rings (SSSR count). The van der Waals surface area contributed by atoms with Crippen LogP contribution in [0, 0.1) is 0 Å². The van der Waals surface area contributed by atoms with E-state index < -0.39 is 57.4 Å². The molecule has 0 fully saturated rings. The van der Waals surface area contributed by atoms with Gasteiger partial charge in [0.1, 0.15) is 6.61 Å². The number of carbonyl (C=O) groups is 2. The summed E-state index contributed by atoms with van der Waals surface area (Å²) in [5.74, 6) is -1.25. The minimum atomic E-state index is -4.48. The molecule has 1 unspecified atom stereocenters. The number of unbranched alkanes of at least 4 members (excludes halogenated alkanes) is 1. The lowest BCUT2D eigenvalue weighted by molar-refractivity contribution is -0.161. The summed E-state index contributed by atoms with van der Waals surface area (Å²) in [6.45, 7) is 2.91. The van der Waals surface area contributed by atoms with Gasteiger partial charge >= 0.3 is 19.8 Å². The van der Waals surface area contributed by atoms with E-state index in [1.807, 2.05) is 31.2 Å². The molecule has 0 aromatic rings. The number of phosphoric acid groups is 1. The average molecular weight is 832 g/mol. The Kier molecular flexibility index (Phi) is 36.3. The van der Waals surface area contributed by atoms with Gasteiger partial charge in [0.05, 0.1) is 31.5 Å². The van der Waals surface area contributed by atoms with Crippen LogP contribution in [0.25, 0.3) is 0 Å². The Bertz CT molecular complexity index is 1410. The van der Waals surface area contributed by atoms with Crippen LogP contribution in [-0.2, 0) is 32.7 Å². The van der Waals surface area contributed by atoms with Crippen molar-refractivity contribution in [2.45, 2.75) is 122 Å². The second kappa shape index (κ2) is 38.8. The molecule has 0 bridgehead atoms. The van der Waals surface area contributed by atoms with Crippen molar-refractivity contribution >= 4 is 19.8 Å². The molecule has 58 heavy (non-hydrogen) atoms. The van der Waals surface area contributed by atoms with Gasteiger partial charge in [-0.1, -0.05) is 135 Å². The van der Waals surface area contributed by atoms with E-state index in [0.29, 0.717) is 19.3 Å². The Morgan fingerprint density at radius 3 is 1.79 bits per heavy atom. The van der Waals surface area contributed by atoms with E-state index in [2.05, 4.69) is 55.5 Å². The predicted molar refractivity (Wildman–Crippen MR) is 232 cm³/mol. The summed E-state index contributed by atoms with van der Waals surface area (Å²) < 4.78 is 32.4. The molecule has 0 radical (unpaired) electrons. The first-order chi connectivity index (χ1) is 28.0. The molecular weight excluding hydrogens is 761 g/mol. The normalized spacial score (nSPS) is 16.2. The second-order valence-electron chi connectivity index (χ2n) is 13.0. The van der Waals surface area contributed by atoms with Crippen LogP contribution in [0.15, 0.2) is 122 Å². The number of carbonyl (C=O) groups excluding carboxylic acids is 2. The maximum atomic E-state index is 12.6. The van der Waals surface area contributed by atoms with Gasteiger partial charge in [-0.05, 0) is 70.6 Å². The Morgan fingerprint density at radius 2 is 1.19 bits per heavy atom. The summed E-state index contributed by atoms with van der Waals surface area (Å²) in [5, 5.41) is 30.3. The Balaban J connectivity index is 4.65. The van der Waals surface area contributed by atoms with E-state index in [-0.39, 0.29) is 38.8 Å². The van der Waals surface area contributed by atoms with Gasteiger partial charge in [0.2, 0.25) is 0 Å². The van der Waals surface area contributed by atoms with Crippen LogP contribution < -0.4 is 5.73 Å². The molecule has 0 saturated heterocycles. The molecule has 0 aliphatic carbocycles. The highest BCUT2D eigenvalue weighted by molar-refractivity contribution is 7.47. The molecule has 0 aliphatic heterocycles. The Morgan fingerprint density at radius 1 is 0.655 bits per heavy atom. The van der Waals surface area contributed by atoms with Gasteiger partial charge in [-0.2, -0.15) is 0 Å². The Hall–Kier alpha value is -3.71. The quantitative estimate of drug-likeness (QED) is 0.0135. The fourth-order valence-corrected chi connectivity index (χ4v) is 5.36. The van der Waals surface area contributed by atoms with Crippen molar-refractivity contribution < 1.29 is 52.9 Å². The van der Waals surface area contributed by atoms with Gasteiger partial charge in [-0.25, -0.2) is 4.57 Å². The second-order valence-corrected chi connectivity index (χ2v) is 14.4. The van der Waals surface area contributed by atoms with Gasteiger partial charge in [0.15, 0.2) is 6.10 Å². The standard InChI is InChI=1S/C45H70NO11P/c1-3-5-7-8-9-10-11-12-13-14-15-16-17-18-19-24-28-34-45(51)57-41(39-56-58(52,53)55-37-36-46)38-54-44(50)35-29-33-43(49)42(48)32-27-23-21-20-22-26-31-40(47)30-25-6-4-2/h5-7,9-10,12-13,15-16,18-23,25-27,31-32,40-43,47-49H,3-4,8,11,14,17,24,28-30,33-39,46H2,1-2H3,(H,52,53)/b7-5-,10-9-,13-12-,16-15-,19-18-,22-20+,23-21-,25-6-,31-26+,32-27-/t40-,41-,42+,43+/m1/s1. The van der Waals surface area contributed by atoms with Crippen LogP contribution in [0.2, 0.25) is 0 Å². The first-order valence-electron chi connectivity index (χ1n) is 20.3. The van der Waals surface area contributed by atoms with Crippen molar-refractivity contribution in [3.05, 3.63) is 122 Å². The van der Waals surface area contributed by atoms with Crippen molar-refractivity contribution in [1.29, 1.82) is 0 Å². The summed E-state index contributed by atoms with van der Waals surface area (Å²) in [6.07, 6.45) is 41.9. The topological polar surface area (TPSA) is 195 Å². The molecule has 0 aromatic carbocycles. The maximum Gasteiger partial charge on any atom is 0.472 e. The monoisotopic (exact) mass is 831 g/mol. The van der Waals surface area contributed by atoms with Crippen molar-refractivity contribution in [1.82, 2.24) is 0 Å². The van der Waals surface area contributed by atoms with Crippen molar-refractivity contribution in [3.63, 3.8) is 0 Å². The van der Waals surface area contributed by atoms with Crippen LogP contribution >= 0.6 is 7.82 Å². The zero-order valence-corrected chi connectivity index (χ0v) is 35.4. The fourth-order valence-electron chi connectivity index (χ4n) is 4.60. The molecule has 13 heteroatoms. The minimum Gasteiger partial charge on any atom is -0.462 e. The number of aliphatic hydroxyl groups excluding tert-OH is 3. The van der Waals surface area contributed by atoms with Crippen LogP contribution in [0.4, 0.5) is 0 Å². The van der Waals surface area contributed by atoms with E-state index in [1.54, 1.807) is 42.5 Å². The molecule has 6 N–H and O–H groups in total. The molecule has 0 heterocycles. The number of rotatable bonds is 35. The van der Waals surface area contributed by atoms with Gasteiger partial charge in [-0.15, -0.1) is 0 Å². The molecule has 326 valence electrons. The number of esters is 2. The zero-order valence-electron chi connectivity index (χ0n) is 34.5. The molecule has 0 aliphatic rings. The molecule has 5 atom stereocenters. The largest absolute Gasteiger partial charge is 0.472 e. The lowest BCUT2D eigenvalue weighted by Gasteiger charge is -2.20. The number of hydrogen-bond acceptors (Lipinski definition) is 11. The summed E-state index contributed by atoms with van der Waals surface area (Å²) in [4.78, 5) is 34.8. The van der Waals surface area contributed by atoms with Crippen LogP contribution in [0.5, 0.6) is 0 Å². The summed E-state index contributed by atoms with van der Waals surface area (Å²) in [7, 11) is -4.48. The highest BCUT2D eigenvalue weighted by Crippen LogP contribution is 2.43. The lowest BCUT2D eigenvalue weighted by atomic mass is 10.1. The predicted octanol–water partition coefficient (Wildman–Crippen LogP) is 8.29. The Labute approximate surface area is 347 Å². The van der Waals surface area contributed by atoms with E-state index in [0.717, 1.165) is 38.5 Å². The number of ether oxygens (including phenoxy) is 2. The molecule has 12 nitrogen and oxygen atoms in total. The average Bonchev–Trinajstić information content (AvgIpc) is 3.20. The molecule has 0 amide bonds. The van der Waals surface area contributed by atoms with E-state index >= 15 is 0 Å². The lowest BCUT2D eigenvalue weighted by Crippen LogP contribution is -2.29. The number of aliphatic hydroxyl groups is 3. The smallest absolute Gasteiger partial charge is 0.462 e. The van der Waals surface area contributed by atoms with Crippen molar-refractivity contribution in [2.24, 2.45) is 5.73 Å². The number of nitrogens with two attached hydrogens (primary N) is 1. The SMILES string of the molecule is CC/C=C\C/C=C\C/C=C\C/C=C\C/C=C\CCCC(=O)O[C@H](COC(=O)CCC[C@H](O)[C@@H](O)\C=C/C=C\C=C\C=C\[C@H](O)C/C=C\CC)COP(=O)(O)OCCN. The third-order valence-corrected chi connectivity index (χ3v) is 8.67. The zero-order chi connectivity index (χ0) is 43.0. The molecule has 0 saturated carbocycles. The molecule has 0 aromatic heterocycles. The van der Waals surface area contributed by atoms with Crippen LogP contribution in [0.3, 0.4) is 0 Å². The van der Waals surface area contributed by atoms with Gasteiger partial charge in [-0.3, -0.25) is 18.6 Å². The third-order valence-electron chi connectivity index (χ3n) is 7.69. The van der Waals surface area contributed by atoms with Crippen LogP contribution in [-0.4, -0.2) is 82.9 Å². The first kappa shape index (κ1) is 54.3. The third kappa shape index (κ3) is 36.6. The summed E-state index contributed by atoms with van der Waals surface area (Å²) in [5.41, 5.74) is 5.31. The van der Waals surface area contributed by atoms with E-state index in [1.165, 1.54) is 6.08 Å². The maximum absolute atomic E-state index is 12.6. The number of hydrogen-bond donors (Lipinski definition) is 5. The van der Waals surface area contributed by atoms with Gasteiger partial charge < -0.3 is 35.4 Å². The van der Waals surface area contributed by atoms with E-state index in [9.17, 15) is 34.4 Å². The molecular formula is C45H70NO11P. The first-order valence-corrected chi connectivity index (χ1v) is 21.8. The highest BCUT2D eigenvalue weighted by Gasteiger charge is 2.26. The summed E-state index contributed by atoms with van der Waals surface area (Å²) in [6, 6.07) is 0. The fraction of sp³-hybridized carbons (Fsp3) is 0.511. The van der Waals surface area contributed by atoms with Gasteiger partial charge in [0.25, 0.3) is 0 Å². The highest BCUT2D eigenvalue weighted by atomic mass is 31.2. The molecule has 0 spiro atoms.